The minimum Gasteiger partial charge on any atom is -0.376 e. The minimum atomic E-state index is -0.0635. The molecule has 0 amide bonds. The number of hydrogen-bond donors (Lipinski definition) is 0. The smallest absolute Gasteiger partial charge is 0.172 e. The van der Waals surface area contributed by atoms with Gasteiger partial charge in [0, 0.05) is 13.0 Å². The standard InChI is InChI=1S/C13H20O2S/c1-4-13(2,3)15-9-5-7-11(14)12-8-6-10-16-12/h6,8,10H,4-5,7,9H2,1-3H3. The first-order valence-electron chi connectivity index (χ1n) is 5.76. The van der Waals surface area contributed by atoms with Crippen molar-refractivity contribution in [2.45, 2.75) is 45.6 Å². The normalized spacial score (nSPS) is 11.7. The molecule has 0 fully saturated rings. The zero-order chi connectivity index (χ0) is 12.0. The topological polar surface area (TPSA) is 26.3 Å². The maximum absolute atomic E-state index is 11.7. The van der Waals surface area contributed by atoms with Gasteiger partial charge in [-0.2, -0.15) is 0 Å². The molecule has 0 aliphatic carbocycles. The number of carbonyl (C=O) groups excluding carboxylic acids is 1. The molecule has 1 aromatic heterocycles. The van der Waals surface area contributed by atoms with E-state index in [4.69, 9.17) is 4.74 Å². The number of carbonyl (C=O) groups is 1. The molecule has 16 heavy (non-hydrogen) atoms. The zero-order valence-corrected chi connectivity index (χ0v) is 11.1. The van der Waals surface area contributed by atoms with Crippen LogP contribution in [0.15, 0.2) is 17.5 Å². The summed E-state index contributed by atoms with van der Waals surface area (Å²) in [6, 6.07) is 3.79. The number of ketones is 1. The van der Waals surface area contributed by atoms with Crippen LogP contribution in [-0.4, -0.2) is 18.0 Å². The quantitative estimate of drug-likeness (QED) is 0.533. The van der Waals surface area contributed by atoms with E-state index in [1.54, 1.807) is 0 Å². The summed E-state index contributed by atoms with van der Waals surface area (Å²) < 4.78 is 5.70. The summed E-state index contributed by atoms with van der Waals surface area (Å²) in [5, 5.41) is 1.93. The highest BCUT2D eigenvalue weighted by Crippen LogP contribution is 2.15. The number of rotatable bonds is 7. The van der Waals surface area contributed by atoms with Crippen LogP contribution in [0.5, 0.6) is 0 Å². The molecule has 3 heteroatoms. The Morgan fingerprint density at radius 1 is 1.50 bits per heavy atom. The SMILES string of the molecule is CCC(C)(C)OCCCC(=O)c1cccs1. The summed E-state index contributed by atoms with van der Waals surface area (Å²) in [4.78, 5) is 12.5. The maximum atomic E-state index is 11.7. The van der Waals surface area contributed by atoms with Crippen molar-refractivity contribution < 1.29 is 9.53 Å². The number of thiophene rings is 1. The fourth-order valence-electron chi connectivity index (χ4n) is 1.24. The van der Waals surface area contributed by atoms with E-state index < -0.39 is 0 Å². The summed E-state index contributed by atoms with van der Waals surface area (Å²) in [5.74, 6) is 0.230. The van der Waals surface area contributed by atoms with Crippen LogP contribution in [-0.2, 0) is 4.74 Å². The number of Topliss-reactive ketones (excluding diaryl/α,β-unsaturated/α-hetero) is 1. The lowest BCUT2D eigenvalue weighted by atomic mass is 10.1. The summed E-state index contributed by atoms with van der Waals surface area (Å²) >= 11 is 1.51. The molecule has 90 valence electrons. The molecule has 0 aliphatic rings. The first kappa shape index (κ1) is 13.4. The fraction of sp³-hybridized carbons (Fsp3) is 0.615. The molecule has 0 aromatic carbocycles. The lowest BCUT2D eigenvalue weighted by Crippen LogP contribution is -2.23. The van der Waals surface area contributed by atoms with E-state index in [0.29, 0.717) is 13.0 Å². The van der Waals surface area contributed by atoms with E-state index in [0.717, 1.165) is 17.7 Å². The molecule has 0 spiro atoms. The number of hydrogen-bond acceptors (Lipinski definition) is 3. The monoisotopic (exact) mass is 240 g/mol. The average molecular weight is 240 g/mol. The van der Waals surface area contributed by atoms with Crippen molar-refractivity contribution >= 4 is 17.1 Å². The number of ether oxygens (including phenoxy) is 1. The van der Waals surface area contributed by atoms with Gasteiger partial charge in [0.05, 0.1) is 10.5 Å². The minimum absolute atomic E-state index is 0.0635. The van der Waals surface area contributed by atoms with Crippen LogP contribution in [0.2, 0.25) is 0 Å². The lowest BCUT2D eigenvalue weighted by Gasteiger charge is -2.23. The highest BCUT2D eigenvalue weighted by atomic mass is 32.1. The molecule has 0 aliphatic heterocycles. The van der Waals surface area contributed by atoms with Crippen molar-refractivity contribution in [3.8, 4) is 0 Å². The molecule has 0 radical (unpaired) electrons. The molecule has 0 saturated heterocycles. The molecule has 2 nitrogen and oxygen atoms in total. The second-order valence-corrected chi connectivity index (χ2v) is 5.41. The molecule has 0 saturated carbocycles. The molecule has 1 heterocycles. The van der Waals surface area contributed by atoms with E-state index in [-0.39, 0.29) is 11.4 Å². The van der Waals surface area contributed by atoms with Crippen molar-refractivity contribution in [3.05, 3.63) is 22.4 Å². The van der Waals surface area contributed by atoms with E-state index >= 15 is 0 Å². The molecule has 0 N–H and O–H groups in total. The van der Waals surface area contributed by atoms with Gasteiger partial charge in [-0.05, 0) is 38.1 Å². The first-order valence-corrected chi connectivity index (χ1v) is 6.64. The van der Waals surface area contributed by atoms with Crippen molar-refractivity contribution in [1.29, 1.82) is 0 Å². The van der Waals surface area contributed by atoms with Gasteiger partial charge in [-0.15, -0.1) is 11.3 Å². The van der Waals surface area contributed by atoms with Crippen LogP contribution in [0, 0.1) is 0 Å². The molecule has 1 aromatic rings. The van der Waals surface area contributed by atoms with Crippen LogP contribution < -0.4 is 0 Å². The molecule has 0 bridgehead atoms. The maximum Gasteiger partial charge on any atom is 0.172 e. The summed E-state index contributed by atoms with van der Waals surface area (Å²) in [7, 11) is 0. The van der Waals surface area contributed by atoms with Crippen LogP contribution in [0.25, 0.3) is 0 Å². The Kier molecular flexibility index (Phi) is 5.16. The Bertz CT molecular complexity index is 315. The van der Waals surface area contributed by atoms with Gasteiger partial charge in [0.1, 0.15) is 0 Å². The van der Waals surface area contributed by atoms with Gasteiger partial charge >= 0.3 is 0 Å². The van der Waals surface area contributed by atoms with Crippen LogP contribution >= 0.6 is 11.3 Å². The van der Waals surface area contributed by atoms with Crippen molar-refractivity contribution in [2.75, 3.05) is 6.61 Å². The van der Waals surface area contributed by atoms with Crippen molar-refractivity contribution in [1.82, 2.24) is 0 Å². The van der Waals surface area contributed by atoms with E-state index in [9.17, 15) is 4.79 Å². The third-order valence-electron chi connectivity index (χ3n) is 2.69. The third kappa shape index (κ3) is 4.45. The summed E-state index contributed by atoms with van der Waals surface area (Å²) in [6.45, 7) is 6.93. The Balaban J connectivity index is 2.19. The second-order valence-electron chi connectivity index (χ2n) is 4.47. The second kappa shape index (κ2) is 6.16. The van der Waals surface area contributed by atoms with Gasteiger partial charge in [0.25, 0.3) is 0 Å². The Morgan fingerprint density at radius 2 is 2.25 bits per heavy atom. The Morgan fingerprint density at radius 3 is 2.81 bits per heavy atom. The summed E-state index contributed by atoms with van der Waals surface area (Å²) in [5.41, 5.74) is -0.0635. The van der Waals surface area contributed by atoms with Crippen LogP contribution in [0.4, 0.5) is 0 Å². The van der Waals surface area contributed by atoms with E-state index in [1.165, 1.54) is 11.3 Å². The van der Waals surface area contributed by atoms with Gasteiger partial charge in [0.15, 0.2) is 5.78 Å². The predicted molar refractivity (Wildman–Crippen MR) is 68.2 cm³/mol. The van der Waals surface area contributed by atoms with E-state index in [2.05, 4.69) is 20.8 Å². The van der Waals surface area contributed by atoms with E-state index in [1.807, 2.05) is 17.5 Å². The Hall–Kier alpha value is -0.670. The average Bonchev–Trinajstić information content (AvgIpc) is 2.77. The van der Waals surface area contributed by atoms with Crippen LogP contribution in [0.3, 0.4) is 0 Å². The first-order chi connectivity index (χ1) is 7.55. The van der Waals surface area contributed by atoms with Gasteiger partial charge in [-0.1, -0.05) is 13.0 Å². The molecule has 0 unspecified atom stereocenters. The van der Waals surface area contributed by atoms with Gasteiger partial charge < -0.3 is 4.74 Å². The van der Waals surface area contributed by atoms with Crippen LogP contribution in [0.1, 0.15) is 49.7 Å². The fourth-order valence-corrected chi connectivity index (χ4v) is 1.94. The van der Waals surface area contributed by atoms with Gasteiger partial charge in [-0.3, -0.25) is 4.79 Å². The van der Waals surface area contributed by atoms with Gasteiger partial charge in [0.2, 0.25) is 0 Å². The largest absolute Gasteiger partial charge is 0.376 e. The summed E-state index contributed by atoms with van der Waals surface area (Å²) in [6.07, 6.45) is 2.38. The van der Waals surface area contributed by atoms with Crippen molar-refractivity contribution in [2.24, 2.45) is 0 Å². The third-order valence-corrected chi connectivity index (χ3v) is 3.60. The van der Waals surface area contributed by atoms with Crippen molar-refractivity contribution in [3.63, 3.8) is 0 Å². The highest BCUT2D eigenvalue weighted by Gasteiger charge is 2.15. The predicted octanol–water partition coefficient (Wildman–Crippen LogP) is 3.92. The molecule has 1 rings (SSSR count). The molecular weight excluding hydrogens is 220 g/mol. The Labute approximate surface area is 102 Å². The molecule has 0 atom stereocenters. The van der Waals surface area contributed by atoms with Gasteiger partial charge in [-0.25, -0.2) is 0 Å². The molecular formula is C13H20O2S. The zero-order valence-electron chi connectivity index (χ0n) is 10.3. The lowest BCUT2D eigenvalue weighted by molar-refractivity contribution is -0.0211. The highest BCUT2D eigenvalue weighted by molar-refractivity contribution is 7.12.